The number of carbonyl (C=O) groups excluding carboxylic acids is 1. The van der Waals surface area contributed by atoms with Gasteiger partial charge in [-0.2, -0.15) is 0 Å². The predicted octanol–water partition coefficient (Wildman–Crippen LogP) is 4.47. The second-order valence-electron chi connectivity index (χ2n) is 8.36. The third-order valence-corrected chi connectivity index (χ3v) is 5.65. The number of halogens is 1. The molecule has 2 N–H and O–H groups in total. The van der Waals surface area contributed by atoms with E-state index < -0.39 is 6.03 Å². The van der Waals surface area contributed by atoms with Gasteiger partial charge < -0.3 is 25.2 Å². The number of carbonyl (C=O) groups is 1. The second-order valence-corrected chi connectivity index (χ2v) is 8.36. The Labute approximate surface area is 182 Å². The zero-order valence-electron chi connectivity index (χ0n) is 18.1. The van der Waals surface area contributed by atoms with Crippen molar-refractivity contribution in [2.24, 2.45) is 0 Å². The van der Waals surface area contributed by atoms with E-state index in [1.807, 2.05) is 30.9 Å². The predicted molar refractivity (Wildman–Crippen MR) is 122 cm³/mol. The molecule has 2 unspecified atom stereocenters. The Morgan fingerprint density at radius 1 is 1.00 bits per heavy atom. The molecule has 2 aromatic rings. The van der Waals surface area contributed by atoms with Crippen molar-refractivity contribution < 1.29 is 13.9 Å². The molecule has 3 heterocycles. The van der Waals surface area contributed by atoms with Crippen LogP contribution >= 0.6 is 0 Å². The molecule has 31 heavy (non-hydrogen) atoms. The van der Waals surface area contributed by atoms with Crippen LogP contribution in [0.4, 0.5) is 32.1 Å². The minimum atomic E-state index is -0.437. The molecular weight excluding hydrogens is 397 g/mol. The monoisotopic (exact) mass is 427 g/mol. The number of nitrogens with one attached hydrogen (secondary N) is 2. The number of urea groups is 1. The van der Waals surface area contributed by atoms with Crippen LogP contribution in [0.15, 0.2) is 36.5 Å². The second kappa shape index (κ2) is 9.51. The summed E-state index contributed by atoms with van der Waals surface area (Å²) in [5.74, 6) is 0.557. The first-order valence-electron chi connectivity index (χ1n) is 11.0. The number of amides is 2. The summed E-state index contributed by atoms with van der Waals surface area (Å²) < 4.78 is 20.4. The Balaban J connectivity index is 1.34. The number of benzene rings is 1. The average Bonchev–Trinajstić information content (AvgIpc) is 2.74. The van der Waals surface area contributed by atoms with Gasteiger partial charge in [0.15, 0.2) is 0 Å². The lowest BCUT2D eigenvalue weighted by Crippen LogP contribution is -2.45. The molecule has 2 atom stereocenters. The molecule has 0 bridgehead atoms. The van der Waals surface area contributed by atoms with Crippen molar-refractivity contribution in [3.05, 3.63) is 42.3 Å². The number of nitrogens with zero attached hydrogens (tertiary/aromatic N) is 3. The van der Waals surface area contributed by atoms with Gasteiger partial charge in [-0.25, -0.2) is 14.2 Å². The minimum absolute atomic E-state index is 0.0432. The van der Waals surface area contributed by atoms with E-state index in [1.54, 1.807) is 18.3 Å². The number of piperidine rings is 1. The fourth-order valence-corrected chi connectivity index (χ4v) is 4.28. The van der Waals surface area contributed by atoms with Gasteiger partial charge in [0.2, 0.25) is 0 Å². The van der Waals surface area contributed by atoms with Gasteiger partial charge in [-0.15, -0.1) is 0 Å². The molecule has 2 aliphatic heterocycles. The van der Waals surface area contributed by atoms with Gasteiger partial charge in [0.25, 0.3) is 0 Å². The number of ether oxygens (including phenoxy) is 1. The Morgan fingerprint density at radius 3 is 2.32 bits per heavy atom. The number of rotatable bonds is 4. The summed E-state index contributed by atoms with van der Waals surface area (Å²) in [6, 6.07) is 8.07. The van der Waals surface area contributed by atoms with Gasteiger partial charge in [0, 0.05) is 31.9 Å². The molecule has 0 spiro atoms. The summed E-state index contributed by atoms with van der Waals surface area (Å²) in [7, 11) is 0. The fourth-order valence-electron chi connectivity index (χ4n) is 4.28. The first-order chi connectivity index (χ1) is 15.0. The summed E-state index contributed by atoms with van der Waals surface area (Å²) in [5, 5.41) is 5.43. The molecular formula is C23H30FN5O2. The van der Waals surface area contributed by atoms with E-state index in [0.29, 0.717) is 30.2 Å². The smallest absolute Gasteiger partial charge is 0.323 e. The molecule has 2 fully saturated rings. The Kier molecular flexibility index (Phi) is 6.56. The number of hydrogen-bond acceptors (Lipinski definition) is 5. The number of hydrogen-bond donors (Lipinski definition) is 2. The van der Waals surface area contributed by atoms with Crippen LogP contribution in [0.3, 0.4) is 0 Å². The molecule has 4 rings (SSSR count). The van der Waals surface area contributed by atoms with Crippen molar-refractivity contribution >= 4 is 28.9 Å². The molecule has 8 heteroatoms. The maximum absolute atomic E-state index is 14.7. The third-order valence-electron chi connectivity index (χ3n) is 5.65. The molecule has 0 aliphatic carbocycles. The first-order valence-corrected chi connectivity index (χ1v) is 11.0. The summed E-state index contributed by atoms with van der Waals surface area (Å²) in [6.45, 7) is 7.27. The van der Waals surface area contributed by atoms with Crippen LogP contribution in [0.2, 0.25) is 0 Å². The van der Waals surface area contributed by atoms with Crippen molar-refractivity contribution in [2.45, 2.75) is 45.3 Å². The molecule has 0 radical (unpaired) electrons. The standard InChI is InChI=1S/C23H30FN5O2/c1-16-14-29(15-17(2)31-16)21-8-6-18(12-20(21)24)26-23(30)27-19-7-9-22(25-13-19)28-10-4-3-5-11-28/h6-9,12-13,16-17H,3-5,10-11,14-15H2,1-2H3,(H2,26,27,30). The highest BCUT2D eigenvalue weighted by molar-refractivity contribution is 5.99. The van der Waals surface area contributed by atoms with Crippen molar-refractivity contribution in [1.82, 2.24) is 4.98 Å². The lowest BCUT2D eigenvalue weighted by atomic mass is 10.1. The molecule has 2 amide bonds. The fraction of sp³-hybridized carbons (Fsp3) is 0.478. The molecule has 2 saturated heterocycles. The molecule has 166 valence electrons. The van der Waals surface area contributed by atoms with Crippen molar-refractivity contribution in [1.29, 1.82) is 0 Å². The van der Waals surface area contributed by atoms with E-state index in [-0.39, 0.29) is 18.0 Å². The topological polar surface area (TPSA) is 69.7 Å². The molecule has 0 saturated carbocycles. The van der Waals surface area contributed by atoms with E-state index in [4.69, 9.17) is 4.74 Å². The van der Waals surface area contributed by atoms with E-state index in [1.165, 1.54) is 25.3 Å². The van der Waals surface area contributed by atoms with Gasteiger partial charge in [-0.3, -0.25) is 0 Å². The summed E-state index contributed by atoms with van der Waals surface area (Å²) in [6.07, 6.45) is 5.37. The van der Waals surface area contributed by atoms with E-state index in [2.05, 4.69) is 20.5 Å². The lowest BCUT2D eigenvalue weighted by Gasteiger charge is -2.37. The molecule has 2 aliphatic rings. The number of morpholine rings is 1. The summed E-state index contributed by atoms with van der Waals surface area (Å²) in [5.41, 5.74) is 1.50. The van der Waals surface area contributed by atoms with Gasteiger partial charge in [0.1, 0.15) is 11.6 Å². The van der Waals surface area contributed by atoms with Crippen LogP contribution in [0.1, 0.15) is 33.1 Å². The van der Waals surface area contributed by atoms with Crippen molar-refractivity contribution in [2.75, 3.05) is 46.6 Å². The van der Waals surface area contributed by atoms with Crippen LogP contribution in [-0.2, 0) is 4.74 Å². The first kappa shape index (κ1) is 21.4. The highest BCUT2D eigenvalue weighted by Crippen LogP contribution is 2.26. The third kappa shape index (κ3) is 5.44. The maximum Gasteiger partial charge on any atom is 0.323 e. The number of anilines is 4. The van der Waals surface area contributed by atoms with Crippen molar-refractivity contribution in [3.63, 3.8) is 0 Å². The maximum atomic E-state index is 14.7. The number of pyridine rings is 1. The summed E-state index contributed by atoms with van der Waals surface area (Å²) >= 11 is 0. The molecule has 1 aromatic carbocycles. The van der Waals surface area contributed by atoms with Crippen LogP contribution in [0, 0.1) is 5.82 Å². The van der Waals surface area contributed by atoms with Crippen molar-refractivity contribution in [3.8, 4) is 0 Å². The Morgan fingerprint density at radius 2 is 1.68 bits per heavy atom. The quantitative estimate of drug-likeness (QED) is 0.754. The van der Waals surface area contributed by atoms with Gasteiger partial charge in [-0.05, 0) is 63.4 Å². The van der Waals surface area contributed by atoms with Crippen LogP contribution in [-0.4, -0.2) is 49.4 Å². The molecule has 7 nitrogen and oxygen atoms in total. The Hall–Kier alpha value is -2.87. The zero-order valence-corrected chi connectivity index (χ0v) is 18.1. The van der Waals surface area contributed by atoms with Crippen LogP contribution in [0.5, 0.6) is 0 Å². The highest BCUT2D eigenvalue weighted by atomic mass is 19.1. The van der Waals surface area contributed by atoms with E-state index in [9.17, 15) is 9.18 Å². The van der Waals surface area contributed by atoms with Gasteiger partial charge in [-0.1, -0.05) is 0 Å². The highest BCUT2D eigenvalue weighted by Gasteiger charge is 2.24. The Bertz CT molecular complexity index is 891. The van der Waals surface area contributed by atoms with Gasteiger partial charge >= 0.3 is 6.03 Å². The van der Waals surface area contributed by atoms with Crippen LogP contribution < -0.4 is 20.4 Å². The van der Waals surface area contributed by atoms with Crippen LogP contribution in [0.25, 0.3) is 0 Å². The largest absolute Gasteiger partial charge is 0.372 e. The summed E-state index contributed by atoms with van der Waals surface area (Å²) in [4.78, 5) is 21.0. The van der Waals surface area contributed by atoms with Gasteiger partial charge in [0.05, 0.1) is 29.8 Å². The molecule has 1 aromatic heterocycles. The minimum Gasteiger partial charge on any atom is -0.372 e. The van der Waals surface area contributed by atoms with E-state index in [0.717, 1.165) is 18.9 Å². The zero-order chi connectivity index (χ0) is 21.8. The SMILES string of the molecule is CC1CN(c2ccc(NC(=O)Nc3ccc(N4CCCCC4)nc3)cc2F)CC(C)O1. The average molecular weight is 428 g/mol. The normalized spacial score (nSPS) is 21.6. The lowest BCUT2D eigenvalue weighted by molar-refractivity contribution is -0.00539. The van der Waals surface area contributed by atoms with E-state index >= 15 is 0 Å². The number of aromatic nitrogens is 1.